The molecule has 5 heteroatoms. The van der Waals surface area contributed by atoms with Gasteiger partial charge in [-0.2, -0.15) is 0 Å². The van der Waals surface area contributed by atoms with Gasteiger partial charge in [0.2, 0.25) is 11.8 Å². The van der Waals surface area contributed by atoms with Gasteiger partial charge in [-0.05, 0) is 19.1 Å². The Bertz CT molecular complexity index is 434. The van der Waals surface area contributed by atoms with Crippen LogP contribution in [0.15, 0.2) is 30.3 Å². The SMILES string of the molecule is CCN(C(=O)CN(CCOC)C(C)=O)c1ccccc1. The predicted octanol–water partition coefficient (Wildman–Crippen LogP) is 1.53. The fourth-order valence-corrected chi connectivity index (χ4v) is 1.91. The largest absolute Gasteiger partial charge is 0.383 e. The normalized spacial score (nSPS) is 10.2. The molecule has 1 aromatic rings. The zero-order valence-corrected chi connectivity index (χ0v) is 12.3. The lowest BCUT2D eigenvalue weighted by atomic mass is 10.2. The minimum absolute atomic E-state index is 0.0709. The average Bonchev–Trinajstić information content (AvgIpc) is 2.45. The molecule has 1 rings (SSSR count). The second-order valence-electron chi connectivity index (χ2n) is 4.41. The van der Waals surface area contributed by atoms with Crippen LogP contribution in [-0.4, -0.2) is 50.1 Å². The monoisotopic (exact) mass is 278 g/mol. The summed E-state index contributed by atoms with van der Waals surface area (Å²) in [5.41, 5.74) is 0.843. The van der Waals surface area contributed by atoms with Crippen molar-refractivity contribution in [2.45, 2.75) is 13.8 Å². The summed E-state index contributed by atoms with van der Waals surface area (Å²) in [6.45, 7) is 4.86. The molecular formula is C15H22N2O3. The van der Waals surface area contributed by atoms with Crippen molar-refractivity contribution in [1.82, 2.24) is 4.90 Å². The summed E-state index contributed by atoms with van der Waals surface area (Å²) in [4.78, 5) is 27.0. The standard InChI is InChI=1S/C15H22N2O3/c1-4-17(14-8-6-5-7-9-14)15(19)12-16(13(2)18)10-11-20-3/h5-9H,4,10-12H2,1-3H3. The van der Waals surface area contributed by atoms with Crippen LogP contribution >= 0.6 is 0 Å². The molecule has 0 spiro atoms. The summed E-state index contributed by atoms with van der Waals surface area (Å²) in [6, 6.07) is 9.45. The maximum Gasteiger partial charge on any atom is 0.246 e. The molecular weight excluding hydrogens is 256 g/mol. The minimum atomic E-state index is -0.125. The van der Waals surface area contributed by atoms with E-state index in [1.165, 1.54) is 11.8 Å². The van der Waals surface area contributed by atoms with E-state index in [4.69, 9.17) is 4.74 Å². The van der Waals surface area contributed by atoms with Crippen molar-refractivity contribution in [1.29, 1.82) is 0 Å². The summed E-state index contributed by atoms with van der Waals surface area (Å²) in [6.07, 6.45) is 0. The van der Waals surface area contributed by atoms with E-state index >= 15 is 0 Å². The van der Waals surface area contributed by atoms with Gasteiger partial charge in [-0.25, -0.2) is 0 Å². The van der Waals surface area contributed by atoms with Gasteiger partial charge >= 0.3 is 0 Å². The van der Waals surface area contributed by atoms with Gasteiger partial charge in [0.1, 0.15) is 6.54 Å². The van der Waals surface area contributed by atoms with Gasteiger partial charge in [-0.3, -0.25) is 9.59 Å². The van der Waals surface area contributed by atoms with Crippen molar-refractivity contribution in [3.05, 3.63) is 30.3 Å². The zero-order valence-electron chi connectivity index (χ0n) is 12.3. The molecule has 0 unspecified atom stereocenters. The number of carbonyl (C=O) groups excluding carboxylic acids is 2. The highest BCUT2D eigenvalue weighted by molar-refractivity contribution is 5.96. The molecule has 20 heavy (non-hydrogen) atoms. The summed E-state index contributed by atoms with van der Waals surface area (Å²) < 4.78 is 4.96. The van der Waals surface area contributed by atoms with E-state index in [1.807, 2.05) is 37.3 Å². The number of ether oxygens (including phenoxy) is 1. The fraction of sp³-hybridized carbons (Fsp3) is 0.467. The highest BCUT2D eigenvalue weighted by Gasteiger charge is 2.19. The molecule has 110 valence electrons. The zero-order chi connectivity index (χ0) is 15.0. The van der Waals surface area contributed by atoms with Crippen LogP contribution in [0.5, 0.6) is 0 Å². The van der Waals surface area contributed by atoms with Crippen molar-refractivity contribution < 1.29 is 14.3 Å². The number of carbonyl (C=O) groups is 2. The van der Waals surface area contributed by atoms with Gasteiger partial charge in [0.15, 0.2) is 0 Å². The third-order valence-electron chi connectivity index (χ3n) is 3.02. The third-order valence-corrected chi connectivity index (χ3v) is 3.02. The quantitative estimate of drug-likeness (QED) is 0.760. The Morgan fingerprint density at radius 2 is 1.85 bits per heavy atom. The van der Waals surface area contributed by atoms with Crippen molar-refractivity contribution in [3.8, 4) is 0 Å². The Hall–Kier alpha value is -1.88. The van der Waals surface area contributed by atoms with Crippen molar-refractivity contribution in [3.63, 3.8) is 0 Å². The lowest BCUT2D eigenvalue weighted by molar-refractivity contribution is -0.134. The first-order valence-electron chi connectivity index (χ1n) is 6.70. The fourth-order valence-electron chi connectivity index (χ4n) is 1.91. The molecule has 0 aliphatic rings. The second kappa shape index (κ2) is 8.32. The molecule has 1 aromatic carbocycles. The van der Waals surface area contributed by atoms with Gasteiger partial charge in [0.25, 0.3) is 0 Å². The molecule has 0 saturated heterocycles. The summed E-state index contributed by atoms with van der Waals surface area (Å²) in [5.74, 6) is -0.218. The summed E-state index contributed by atoms with van der Waals surface area (Å²) >= 11 is 0. The molecule has 0 aliphatic heterocycles. The Kier molecular flexibility index (Phi) is 6.73. The Labute approximate surface area is 120 Å². The maximum absolute atomic E-state index is 12.3. The van der Waals surface area contributed by atoms with Crippen LogP contribution in [0.25, 0.3) is 0 Å². The number of rotatable bonds is 7. The summed E-state index contributed by atoms with van der Waals surface area (Å²) in [5, 5.41) is 0. The smallest absolute Gasteiger partial charge is 0.246 e. The highest BCUT2D eigenvalue weighted by atomic mass is 16.5. The van der Waals surface area contributed by atoms with Crippen LogP contribution in [0.1, 0.15) is 13.8 Å². The number of hydrogen-bond acceptors (Lipinski definition) is 3. The van der Waals surface area contributed by atoms with Crippen LogP contribution < -0.4 is 4.90 Å². The maximum atomic E-state index is 12.3. The van der Waals surface area contributed by atoms with E-state index in [0.717, 1.165) is 5.69 Å². The van der Waals surface area contributed by atoms with Crippen LogP contribution in [0.2, 0.25) is 0 Å². The second-order valence-corrected chi connectivity index (χ2v) is 4.41. The number of likely N-dealkylation sites (N-methyl/N-ethyl adjacent to an activating group) is 1. The van der Waals surface area contributed by atoms with Crippen LogP contribution in [0.3, 0.4) is 0 Å². The van der Waals surface area contributed by atoms with Crippen LogP contribution in [0.4, 0.5) is 5.69 Å². The highest BCUT2D eigenvalue weighted by Crippen LogP contribution is 2.13. The topological polar surface area (TPSA) is 49.9 Å². The molecule has 0 fully saturated rings. The number of hydrogen-bond donors (Lipinski definition) is 0. The predicted molar refractivity (Wildman–Crippen MR) is 78.6 cm³/mol. The number of para-hydroxylation sites is 1. The van der Waals surface area contributed by atoms with E-state index in [1.54, 1.807) is 12.0 Å². The molecule has 5 nitrogen and oxygen atoms in total. The first-order chi connectivity index (χ1) is 9.60. The van der Waals surface area contributed by atoms with Crippen molar-refractivity contribution in [2.24, 2.45) is 0 Å². The van der Waals surface area contributed by atoms with Gasteiger partial charge in [0, 0.05) is 32.8 Å². The summed E-state index contributed by atoms with van der Waals surface area (Å²) in [7, 11) is 1.57. The van der Waals surface area contributed by atoms with Crippen LogP contribution in [0, 0.1) is 0 Å². The molecule has 0 atom stereocenters. The molecule has 0 aliphatic carbocycles. The first kappa shape index (κ1) is 16.2. The Morgan fingerprint density at radius 1 is 1.20 bits per heavy atom. The van der Waals surface area contributed by atoms with Gasteiger partial charge < -0.3 is 14.5 Å². The molecule has 0 saturated carbocycles. The van der Waals surface area contributed by atoms with Crippen LogP contribution in [-0.2, 0) is 14.3 Å². The van der Waals surface area contributed by atoms with Crippen molar-refractivity contribution in [2.75, 3.05) is 38.3 Å². The van der Waals surface area contributed by atoms with E-state index in [9.17, 15) is 9.59 Å². The number of amides is 2. The molecule has 0 aromatic heterocycles. The molecule has 2 amide bonds. The van der Waals surface area contributed by atoms with E-state index < -0.39 is 0 Å². The van der Waals surface area contributed by atoms with Gasteiger partial charge in [0.05, 0.1) is 6.61 Å². The average molecular weight is 278 g/mol. The molecule has 0 bridgehead atoms. The molecule has 0 radical (unpaired) electrons. The Morgan fingerprint density at radius 3 is 2.35 bits per heavy atom. The lowest BCUT2D eigenvalue weighted by Gasteiger charge is -2.26. The first-order valence-corrected chi connectivity index (χ1v) is 6.70. The number of benzene rings is 1. The Balaban J connectivity index is 2.73. The van der Waals surface area contributed by atoms with Gasteiger partial charge in [-0.1, -0.05) is 18.2 Å². The lowest BCUT2D eigenvalue weighted by Crippen LogP contribution is -2.43. The molecule has 0 N–H and O–H groups in total. The number of methoxy groups -OCH3 is 1. The number of nitrogens with zero attached hydrogens (tertiary/aromatic N) is 2. The van der Waals surface area contributed by atoms with E-state index in [2.05, 4.69) is 0 Å². The van der Waals surface area contributed by atoms with E-state index in [-0.39, 0.29) is 18.4 Å². The third kappa shape index (κ3) is 4.66. The van der Waals surface area contributed by atoms with E-state index in [0.29, 0.717) is 19.7 Å². The number of anilines is 1. The molecule has 0 heterocycles. The van der Waals surface area contributed by atoms with Crippen molar-refractivity contribution >= 4 is 17.5 Å². The minimum Gasteiger partial charge on any atom is -0.383 e. The van der Waals surface area contributed by atoms with Gasteiger partial charge in [-0.15, -0.1) is 0 Å².